The molecule has 1 aliphatic heterocycles. The molecule has 4 rings (SSSR count). The number of carbonyl (C=O) groups excluding carboxylic acids is 2. The Morgan fingerprint density at radius 1 is 1.14 bits per heavy atom. The quantitative estimate of drug-likeness (QED) is 0.744. The molecule has 2 heterocycles. The van der Waals surface area contributed by atoms with Crippen molar-refractivity contribution in [1.29, 1.82) is 0 Å². The van der Waals surface area contributed by atoms with E-state index in [2.05, 4.69) is 10.3 Å². The fraction of sp³-hybridized carbons (Fsp3) is 0.227. The van der Waals surface area contributed by atoms with Gasteiger partial charge in [0.15, 0.2) is 0 Å². The molecule has 5 nitrogen and oxygen atoms in total. The van der Waals surface area contributed by atoms with Gasteiger partial charge in [0, 0.05) is 24.7 Å². The lowest BCUT2D eigenvalue weighted by molar-refractivity contribution is -0.132. The predicted molar refractivity (Wildman–Crippen MR) is 104 cm³/mol. The summed E-state index contributed by atoms with van der Waals surface area (Å²) in [5.74, 6) is -0.599. The number of amides is 2. The number of hydrogen-bond donors (Lipinski definition) is 1. The van der Waals surface area contributed by atoms with Gasteiger partial charge in [-0.3, -0.25) is 14.6 Å². The minimum absolute atomic E-state index is 0.102. The van der Waals surface area contributed by atoms with E-state index in [4.69, 9.17) is 0 Å². The third-order valence-corrected chi connectivity index (χ3v) is 4.93. The summed E-state index contributed by atoms with van der Waals surface area (Å²) in [7, 11) is 0. The number of benzene rings is 2. The largest absolute Gasteiger partial charge is 0.344 e. The zero-order chi connectivity index (χ0) is 19.5. The highest BCUT2D eigenvalue weighted by molar-refractivity contribution is 5.90. The van der Waals surface area contributed by atoms with Gasteiger partial charge in [0.2, 0.25) is 11.8 Å². The number of nitrogens with one attached hydrogen (secondary N) is 1. The second-order valence-electron chi connectivity index (χ2n) is 7.01. The molecule has 1 atom stereocenters. The van der Waals surface area contributed by atoms with Crippen LogP contribution in [0.1, 0.15) is 17.5 Å². The van der Waals surface area contributed by atoms with E-state index >= 15 is 0 Å². The van der Waals surface area contributed by atoms with E-state index in [-0.39, 0.29) is 24.1 Å². The Balaban J connectivity index is 1.35. The lowest BCUT2D eigenvalue weighted by Gasteiger charge is -2.17. The molecular weight excluding hydrogens is 357 g/mol. The SMILES string of the molecule is O=C(Cc1cnc2ccccc2c1)N[C@@H]1CCN(Cc2ccc(F)cc2)C1=O. The molecule has 1 fully saturated rings. The van der Waals surface area contributed by atoms with E-state index < -0.39 is 6.04 Å². The van der Waals surface area contributed by atoms with Crippen molar-refractivity contribution < 1.29 is 14.0 Å². The van der Waals surface area contributed by atoms with Crippen LogP contribution < -0.4 is 5.32 Å². The van der Waals surface area contributed by atoms with Gasteiger partial charge >= 0.3 is 0 Å². The van der Waals surface area contributed by atoms with Gasteiger partial charge in [0.05, 0.1) is 11.9 Å². The number of pyridine rings is 1. The standard InChI is InChI=1S/C22H20FN3O2/c23-18-7-5-15(6-8-18)14-26-10-9-20(22(26)28)25-21(27)12-16-11-17-3-1-2-4-19(17)24-13-16/h1-8,11,13,20H,9-10,12,14H2,(H,25,27)/t20-/m1/s1. The lowest BCUT2D eigenvalue weighted by Crippen LogP contribution is -2.41. The van der Waals surface area contributed by atoms with Gasteiger partial charge in [-0.2, -0.15) is 0 Å². The Labute approximate surface area is 162 Å². The zero-order valence-corrected chi connectivity index (χ0v) is 15.3. The molecule has 0 radical (unpaired) electrons. The minimum Gasteiger partial charge on any atom is -0.344 e. The van der Waals surface area contributed by atoms with Crippen LogP contribution in [0.2, 0.25) is 0 Å². The van der Waals surface area contributed by atoms with Crippen LogP contribution in [0, 0.1) is 5.82 Å². The summed E-state index contributed by atoms with van der Waals surface area (Å²) in [6.45, 7) is 0.985. The van der Waals surface area contributed by atoms with Crippen molar-refractivity contribution in [3.05, 3.63) is 77.7 Å². The Kier molecular flexibility index (Phi) is 5.02. The highest BCUT2D eigenvalue weighted by Gasteiger charge is 2.32. The molecule has 0 unspecified atom stereocenters. The van der Waals surface area contributed by atoms with Crippen LogP contribution in [-0.4, -0.2) is 34.3 Å². The molecule has 3 aromatic rings. The summed E-state index contributed by atoms with van der Waals surface area (Å²) in [5.41, 5.74) is 2.56. The van der Waals surface area contributed by atoms with Crippen LogP contribution in [0.15, 0.2) is 60.8 Å². The predicted octanol–water partition coefficient (Wildman–Crippen LogP) is 2.83. The van der Waals surface area contributed by atoms with E-state index in [1.807, 2.05) is 30.3 Å². The van der Waals surface area contributed by atoms with Gasteiger partial charge in [-0.15, -0.1) is 0 Å². The van der Waals surface area contributed by atoms with Crippen molar-refractivity contribution in [2.45, 2.75) is 25.4 Å². The Bertz CT molecular complexity index is 1020. The van der Waals surface area contributed by atoms with Crippen LogP contribution in [0.25, 0.3) is 10.9 Å². The average Bonchev–Trinajstić information content (AvgIpc) is 3.03. The summed E-state index contributed by atoms with van der Waals surface area (Å²) in [6.07, 6.45) is 2.44. The van der Waals surface area contributed by atoms with Gasteiger partial charge in [-0.25, -0.2) is 4.39 Å². The summed E-state index contributed by atoms with van der Waals surface area (Å²) in [6, 6.07) is 15.3. The van der Waals surface area contributed by atoms with Gasteiger partial charge in [-0.05, 0) is 41.8 Å². The van der Waals surface area contributed by atoms with Gasteiger partial charge < -0.3 is 10.2 Å². The number of rotatable bonds is 5. The Hall–Kier alpha value is -3.28. The first-order chi connectivity index (χ1) is 13.6. The molecule has 2 amide bonds. The van der Waals surface area contributed by atoms with E-state index in [1.165, 1.54) is 12.1 Å². The summed E-state index contributed by atoms with van der Waals surface area (Å²) < 4.78 is 13.0. The Morgan fingerprint density at radius 2 is 1.93 bits per heavy atom. The molecule has 1 aromatic heterocycles. The maximum Gasteiger partial charge on any atom is 0.245 e. The number of hydrogen-bond acceptors (Lipinski definition) is 3. The molecule has 0 bridgehead atoms. The molecule has 28 heavy (non-hydrogen) atoms. The van der Waals surface area contributed by atoms with Crippen LogP contribution in [0.5, 0.6) is 0 Å². The maximum atomic E-state index is 13.0. The molecule has 2 aromatic carbocycles. The molecule has 0 saturated carbocycles. The third-order valence-electron chi connectivity index (χ3n) is 4.93. The van der Waals surface area contributed by atoms with Crippen molar-refractivity contribution in [2.75, 3.05) is 6.54 Å². The maximum absolute atomic E-state index is 13.0. The molecule has 1 aliphatic rings. The van der Waals surface area contributed by atoms with Gasteiger partial charge in [0.1, 0.15) is 11.9 Å². The molecule has 1 saturated heterocycles. The topological polar surface area (TPSA) is 62.3 Å². The van der Waals surface area contributed by atoms with Crippen LogP contribution in [0.3, 0.4) is 0 Å². The number of carbonyl (C=O) groups is 2. The molecule has 0 aliphatic carbocycles. The first-order valence-electron chi connectivity index (χ1n) is 9.25. The van der Waals surface area contributed by atoms with Gasteiger partial charge in [-0.1, -0.05) is 30.3 Å². The average molecular weight is 377 g/mol. The highest BCUT2D eigenvalue weighted by Crippen LogP contribution is 2.17. The summed E-state index contributed by atoms with van der Waals surface area (Å²) >= 11 is 0. The lowest BCUT2D eigenvalue weighted by atomic mass is 10.1. The van der Waals surface area contributed by atoms with Crippen LogP contribution >= 0.6 is 0 Å². The van der Waals surface area contributed by atoms with E-state index in [9.17, 15) is 14.0 Å². The van der Waals surface area contributed by atoms with Crippen molar-refractivity contribution in [3.63, 3.8) is 0 Å². The van der Waals surface area contributed by atoms with E-state index in [1.54, 1.807) is 23.2 Å². The first-order valence-corrected chi connectivity index (χ1v) is 9.25. The van der Waals surface area contributed by atoms with Crippen LogP contribution in [0.4, 0.5) is 4.39 Å². The molecule has 1 N–H and O–H groups in total. The first kappa shape index (κ1) is 18.1. The smallest absolute Gasteiger partial charge is 0.245 e. The Morgan fingerprint density at radius 3 is 2.75 bits per heavy atom. The number of para-hydroxylation sites is 1. The summed E-state index contributed by atoms with van der Waals surface area (Å²) in [4.78, 5) is 31.0. The van der Waals surface area contributed by atoms with Gasteiger partial charge in [0.25, 0.3) is 0 Å². The highest BCUT2D eigenvalue weighted by atomic mass is 19.1. The van der Waals surface area contributed by atoms with Crippen molar-refractivity contribution in [3.8, 4) is 0 Å². The van der Waals surface area contributed by atoms with Crippen molar-refractivity contribution in [1.82, 2.24) is 15.2 Å². The molecule has 142 valence electrons. The number of aromatic nitrogens is 1. The molecular formula is C22H20FN3O2. The molecule has 0 spiro atoms. The number of likely N-dealkylation sites (tertiary alicyclic amines) is 1. The zero-order valence-electron chi connectivity index (χ0n) is 15.3. The monoisotopic (exact) mass is 377 g/mol. The second-order valence-corrected chi connectivity index (χ2v) is 7.01. The van der Waals surface area contributed by atoms with E-state index in [0.29, 0.717) is 19.5 Å². The minimum atomic E-state index is -0.513. The van der Waals surface area contributed by atoms with Crippen molar-refractivity contribution in [2.24, 2.45) is 0 Å². The second kappa shape index (κ2) is 7.76. The van der Waals surface area contributed by atoms with Crippen molar-refractivity contribution >= 4 is 22.7 Å². The number of halogens is 1. The summed E-state index contributed by atoms with van der Waals surface area (Å²) in [5, 5.41) is 3.81. The fourth-order valence-corrected chi connectivity index (χ4v) is 3.48. The number of nitrogens with zero attached hydrogens (tertiary/aromatic N) is 2. The van der Waals surface area contributed by atoms with Crippen LogP contribution in [-0.2, 0) is 22.6 Å². The van der Waals surface area contributed by atoms with E-state index in [0.717, 1.165) is 22.0 Å². The normalized spacial score (nSPS) is 16.5. The third kappa shape index (κ3) is 4.01. The fourth-order valence-electron chi connectivity index (χ4n) is 3.48. The molecule has 6 heteroatoms. The number of fused-ring (bicyclic) bond motifs is 1.